The highest BCUT2D eigenvalue weighted by Crippen LogP contribution is 2.27. The van der Waals surface area contributed by atoms with Gasteiger partial charge in [0.15, 0.2) is 11.5 Å². The predicted molar refractivity (Wildman–Crippen MR) is 81.4 cm³/mol. The lowest BCUT2D eigenvalue weighted by molar-refractivity contribution is 0.0702. The van der Waals surface area contributed by atoms with E-state index in [-0.39, 0.29) is 0 Å². The molecule has 0 atom stereocenters. The van der Waals surface area contributed by atoms with E-state index in [4.69, 9.17) is 14.6 Å². The smallest absolute Gasteiger partial charge is 0.345 e. The van der Waals surface area contributed by atoms with Crippen molar-refractivity contribution in [3.05, 3.63) is 45.6 Å². The zero-order valence-corrected chi connectivity index (χ0v) is 12.7. The molecule has 0 fully saturated rings. The van der Waals surface area contributed by atoms with Crippen LogP contribution < -0.4 is 14.8 Å². The molecule has 5 nitrogen and oxygen atoms in total. The molecule has 0 bridgehead atoms. The lowest BCUT2D eigenvalue weighted by Crippen LogP contribution is -2.11. The summed E-state index contributed by atoms with van der Waals surface area (Å²) in [6.45, 7) is 1.30. The predicted octanol–water partition coefficient (Wildman–Crippen LogP) is 2.75. The van der Waals surface area contributed by atoms with Crippen LogP contribution in [0.2, 0.25) is 0 Å². The number of benzene rings is 1. The highest BCUT2D eigenvalue weighted by Gasteiger charge is 2.07. The van der Waals surface area contributed by atoms with E-state index < -0.39 is 5.97 Å². The van der Waals surface area contributed by atoms with Crippen LogP contribution in [-0.2, 0) is 13.1 Å². The normalized spacial score (nSPS) is 10.4. The molecule has 1 heterocycles. The molecule has 6 heteroatoms. The van der Waals surface area contributed by atoms with Gasteiger partial charge in [-0.15, -0.1) is 11.3 Å². The third-order valence-corrected chi connectivity index (χ3v) is 4.02. The molecule has 1 aromatic carbocycles. The number of carboxylic acid groups (broad SMARTS) is 1. The number of rotatable bonds is 7. The minimum atomic E-state index is -0.883. The van der Waals surface area contributed by atoms with Gasteiger partial charge < -0.3 is 19.9 Å². The van der Waals surface area contributed by atoms with Crippen LogP contribution in [-0.4, -0.2) is 25.3 Å². The van der Waals surface area contributed by atoms with Crippen molar-refractivity contribution in [2.45, 2.75) is 13.1 Å². The first-order chi connectivity index (χ1) is 10.1. The van der Waals surface area contributed by atoms with Gasteiger partial charge in [-0.25, -0.2) is 4.79 Å². The third kappa shape index (κ3) is 3.96. The molecule has 0 amide bonds. The SMILES string of the molecule is COc1ccc(CNCc2ccc(C(=O)O)s2)cc1OC. The quantitative estimate of drug-likeness (QED) is 0.823. The largest absolute Gasteiger partial charge is 0.493 e. The van der Waals surface area contributed by atoms with E-state index in [0.29, 0.717) is 29.5 Å². The summed E-state index contributed by atoms with van der Waals surface area (Å²) in [4.78, 5) is 12.2. The Morgan fingerprint density at radius 2 is 1.90 bits per heavy atom. The summed E-state index contributed by atoms with van der Waals surface area (Å²) in [5, 5.41) is 12.2. The summed E-state index contributed by atoms with van der Waals surface area (Å²) in [5.41, 5.74) is 1.07. The van der Waals surface area contributed by atoms with E-state index in [1.54, 1.807) is 20.3 Å². The summed E-state index contributed by atoms with van der Waals surface area (Å²) in [7, 11) is 3.21. The minimum absolute atomic E-state index is 0.359. The van der Waals surface area contributed by atoms with E-state index in [1.165, 1.54) is 11.3 Å². The molecule has 2 N–H and O–H groups in total. The van der Waals surface area contributed by atoms with Crippen LogP contribution in [0.25, 0.3) is 0 Å². The fraction of sp³-hybridized carbons (Fsp3) is 0.267. The molecule has 0 aliphatic rings. The van der Waals surface area contributed by atoms with Gasteiger partial charge in [0.05, 0.1) is 14.2 Å². The summed E-state index contributed by atoms with van der Waals surface area (Å²) in [5.74, 6) is 0.512. The first-order valence-corrected chi connectivity index (χ1v) is 7.19. The lowest BCUT2D eigenvalue weighted by Gasteiger charge is -2.10. The Balaban J connectivity index is 1.92. The van der Waals surface area contributed by atoms with Crippen LogP contribution in [0, 0.1) is 0 Å². The molecule has 0 saturated heterocycles. The van der Waals surface area contributed by atoms with Gasteiger partial charge in [0.1, 0.15) is 4.88 Å². The molecule has 0 radical (unpaired) electrons. The van der Waals surface area contributed by atoms with Gasteiger partial charge in [-0.2, -0.15) is 0 Å². The van der Waals surface area contributed by atoms with Gasteiger partial charge in [0.2, 0.25) is 0 Å². The average Bonchev–Trinajstić information content (AvgIpc) is 2.96. The minimum Gasteiger partial charge on any atom is -0.493 e. The number of hydrogen-bond acceptors (Lipinski definition) is 5. The summed E-state index contributed by atoms with van der Waals surface area (Å²) >= 11 is 1.28. The van der Waals surface area contributed by atoms with Crippen molar-refractivity contribution in [2.75, 3.05) is 14.2 Å². The van der Waals surface area contributed by atoms with E-state index in [0.717, 1.165) is 10.4 Å². The fourth-order valence-electron chi connectivity index (χ4n) is 1.91. The van der Waals surface area contributed by atoms with Crippen molar-refractivity contribution in [3.8, 4) is 11.5 Å². The second-order valence-electron chi connectivity index (χ2n) is 4.36. The monoisotopic (exact) mass is 307 g/mol. The molecule has 0 spiro atoms. The number of ether oxygens (including phenoxy) is 2. The van der Waals surface area contributed by atoms with Crippen LogP contribution in [0.5, 0.6) is 11.5 Å². The number of carboxylic acids is 1. The topological polar surface area (TPSA) is 67.8 Å². The Morgan fingerprint density at radius 3 is 2.52 bits per heavy atom. The van der Waals surface area contributed by atoms with E-state index in [1.807, 2.05) is 24.3 Å². The van der Waals surface area contributed by atoms with Crippen molar-refractivity contribution >= 4 is 17.3 Å². The standard InChI is InChI=1S/C15H17NO4S/c1-19-12-5-3-10(7-13(12)20-2)8-16-9-11-4-6-14(21-11)15(17)18/h3-7,16H,8-9H2,1-2H3,(H,17,18). The second-order valence-corrected chi connectivity index (χ2v) is 5.53. The van der Waals surface area contributed by atoms with Crippen LogP contribution in [0.15, 0.2) is 30.3 Å². The number of nitrogens with one attached hydrogen (secondary N) is 1. The number of thiophene rings is 1. The second kappa shape index (κ2) is 7.10. The summed E-state index contributed by atoms with van der Waals surface area (Å²) in [6, 6.07) is 9.20. The van der Waals surface area contributed by atoms with Crippen LogP contribution >= 0.6 is 11.3 Å². The molecule has 0 aliphatic carbocycles. The Kier molecular flexibility index (Phi) is 5.19. The summed E-state index contributed by atoms with van der Waals surface area (Å²) in [6.07, 6.45) is 0. The van der Waals surface area contributed by atoms with Crippen LogP contribution in [0.1, 0.15) is 20.1 Å². The van der Waals surface area contributed by atoms with Crippen molar-refractivity contribution in [1.29, 1.82) is 0 Å². The molecule has 112 valence electrons. The number of carbonyl (C=O) groups is 1. The Bertz CT molecular complexity index is 624. The van der Waals surface area contributed by atoms with E-state index in [2.05, 4.69) is 5.32 Å². The van der Waals surface area contributed by atoms with Crippen molar-refractivity contribution in [3.63, 3.8) is 0 Å². The first kappa shape index (κ1) is 15.3. The Hall–Kier alpha value is -2.05. The fourth-order valence-corrected chi connectivity index (χ4v) is 2.72. The molecule has 0 unspecified atom stereocenters. The molecule has 2 rings (SSSR count). The maximum atomic E-state index is 10.8. The van der Waals surface area contributed by atoms with Gasteiger partial charge >= 0.3 is 5.97 Å². The molecule has 1 aromatic heterocycles. The molecular weight excluding hydrogens is 290 g/mol. The number of aromatic carboxylic acids is 1. The maximum absolute atomic E-state index is 10.8. The summed E-state index contributed by atoms with van der Waals surface area (Å²) < 4.78 is 10.4. The molecule has 2 aromatic rings. The van der Waals surface area contributed by atoms with E-state index in [9.17, 15) is 4.79 Å². The highest BCUT2D eigenvalue weighted by atomic mass is 32.1. The van der Waals surface area contributed by atoms with Gasteiger partial charge in [-0.3, -0.25) is 0 Å². The third-order valence-electron chi connectivity index (χ3n) is 2.95. The van der Waals surface area contributed by atoms with E-state index >= 15 is 0 Å². The molecule has 0 aliphatic heterocycles. The van der Waals surface area contributed by atoms with Gasteiger partial charge in [0, 0.05) is 18.0 Å². The highest BCUT2D eigenvalue weighted by molar-refractivity contribution is 7.13. The molecule has 21 heavy (non-hydrogen) atoms. The lowest BCUT2D eigenvalue weighted by atomic mass is 10.2. The molecule has 0 saturated carbocycles. The maximum Gasteiger partial charge on any atom is 0.345 e. The van der Waals surface area contributed by atoms with Crippen molar-refractivity contribution in [2.24, 2.45) is 0 Å². The first-order valence-electron chi connectivity index (χ1n) is 6.37. The van der Waals surface area contributed by atoms with Crippen LogP contribution in [0.4, 0.5) is 0 Å². The van der Waals surface area contributed by atoms with Crippen LogP contribution in [0.3, 0.4) is 0 Å². The zero-order valence-electron chi connectivity index (χ0n) is 11.9. The Morgan fingerprint density at radius 1 is 1.14 bits per heavy atom. The number of hydrogen-bond donors (Lipinski definition) is 2. The van der Waals surface area contributed by atoms with Gasteiger partial charge in [0.25, 0.3) is 0 Å². The van der Waals surface area contributed by atoms with Crippen molar-refractivity contribution < 1.29 is 19.4 Å². The molecular formula is C15H17NO4S. The number of methoxy groups -OCH3 is 2. The average molecular weight is 307 g/mol. The Labute approximate surface area is 127 Å². The zero-order chi connectivity index (χ0) is 15.2. The van der Waals surface area contributed by atoms with Gasteiger partial charge in [-0.1, -0.05) is 6.07 Å². The van der Waals surface area contributed by atoms with Crippen molar-refractivity contribution in [1.82, 2.24) is 5.32 Å². The van der Waals surface area contributed by atoms with Gasteiger partial charge in [-0.05, 0) is 29.8 Å².